The van der Waals surface area contributed by atoms with Crippen molar-refractivity contribution in [3.05, 3.63) is 20.2 Å². The van der Waals surface area contributed by atoms with E-state index in [1.54, 1.807) is 13.8 Å². The Kier molecular flexibility index (Phi) is 5.74. The van der Waals surface area contributed by atoms with Crippen LogP contribution in [-0.2, 0) is 0 Å². The predicted octanol–water partition coefficient (Wildman–Crippen LogP) is 1.88. The lowest BCUT2D eigenvalue weighted by Gasteiger charge is -2.12. The van der Waals surface area contributed by atoms with Crippen LogP contribution < -0.4 is 0 Å². The van der Waals surface area contributed by atoms with Crippen LogP contribution in [0.4, 0.5) is 0 Å². The van der Waals surface area contributed by atoms with Crippen molar-refractivity contribution in [3.8, 4) is 0 Å². The second-order valence-corrected chi connectivity index (χ2v) is 3.28. The van der Waals surface area contributed by atoms with E-state index in [1.165, 1.54) is 0 Å². The van der Waals surface area contributed by atoms with E-state index in [0.29, 0.717) is 12.8 Å². The summed E-state index contributed by atoms with van der Waals surface area (Å²) >= 11 is 0. The highest BCUT2D eigenvalue weighted by atomic mass is 16.6. The van der Waals surface area contributed by atoms with Crippen LogP contribution in [0.25, 0.3) is 0 Å². The van der Waals surface area contributed by atoms with E-state index in [2.05, 4.69) is 0 Å². The minimum absolute atomic E-state index is 0.276. The van der Waals surface area contributed by atoms with Gasteiger partial charge >= 0.3 is 0 Å². The molecule has 6 nitrogen and oxygen atoms in total. The topological polar surface area (TPSA) is 86.3 Å². The Hall–Kier alpha value is -1.20. The van der Waals surface area contributed by atoms with Crippen LogP contribution >= 0.6 is 0 Å². The van der Waals surface area contributed by atoms with Gasteiger partial charge in [0.25, 0.3) is 12.1 Å². The third-order valence-electron chi connectivity index (χ3n) is 2.15. The molecule has 14 heavy (non-hydrogen) atoms. The fraction of sp³-hybridized carbons (Fsp3) is 1.00. The molecule has 6 heteroatoms. The van der Waals surface area contributed by atoms with Crippen molar-refractivity contribution in [2.75, 3.05) is 0 Å². The standard InChI is InChI=1S/C8H16N2O4/c1-3-5-7(9(11)12)8(6-4-2)10(13)14/h7-8H,3-6H2,1-2H3. The molecule has 2 atom stereocenters. The molecule has 0 aliphatic heterocycles. The lowest BCUT2D eigenvalue weighted by Crippen LogP contribution is -2.39. The fourth-order valence-electron chi connectivity index (χ4n) is 1.47. The summed E-state index contributed by atoms with van der Waals surface area (Å²) < 4.78 is 0. The molecule has 0 amide bonds. The Balaban J connectivity index is 4.54. The van der Waals surface area contributed by atoms with Crippen molar-refractivity contribution in [1.29, 1.82) is 0 Å². The second kappa shape index (κ2) is 6.28. The van der Waals surface area contributed by atoms with Crippen molar-refractivity contribution in [2.45, 2.75) is 51.6 Å². The number of nitro groups is 2. The molecule has 0 bridgehead atoms. The van der Waals surface area contributed by atoms with Crippen molar-refractivity contribution < 1.29 is 9.85 Å². The van der Waals surface area contributed by atoms with Crippen LogP contribution in [0.3, 0.4) is 0 Å². The second-order valence-electron chi connectivity index (χ2n) is 3.28. The van der Waals surface area contributed by atoms with Gasteiger partial charge in [-0.25, -0.2) is 0 Å². The van der Waals surface area contributed by atoms with E-state index in [9.17, 15) is 20.2 Å². The van der Waals surface area contributed by atoms with Crippen LogP contribution in [0, 0.1) is 20.2 Å². The first-order valence-electron chi connectivity index (χ1n) is 4.81. The molecule has 0 rings (SSSR count). The van der Waals surface area contributed by atoms with Crippen LogP contribution in [0.2, 0.25) is 0 Å². The number of hydrogen-bond donors (Lipinski definition) is 0. The molecule has 0 aromatic heterocycles. The number of hydrogen-bond acceptors (Lipinski definition) is 4. The molecule has 0 fully saturated rings. The Morgan fingerprint density at radius 2 is 1.21 bits per heavy atom. The molecule has 0 aromatic rings. The maximum atomic E-state index is 10.6. The van der Waals surface area contributed by atoms with Crippen molar-refractivity contribution >= 4 is 0 Å². The Morgan fingerprint density at radius 1 is 0.929 bits per heavy atom. The third kappa shape index (κ3) is 3.68. The molecule has 82 valence electrons. The molecular formula is C8H16N2O4. The minimum atomic E-state index is -1.03. The van der Waals surface area contributed by atoms with E-state index in [0.717, 1.165) is 0 Å². The molecule has 0 radical (unpaired) electrons. The largest absolute Gasteiger partial charge is 0.278 e. The van der Waals surface area contributed by atoms with Crippen molar-refractivity contribution in [2.24, 2.45) is 0 Å². The normalized spacial score (nSPS) is 14.7. The molecule has 0 saturated carbocycles. The molecule has 0 spiro atoms. The first-order valence-corrected chi connectivity index (χ1v) is 4.81. The molecule has 0 N–H and O–H groups in total. The first-order chi connectivity index (χ1) is 6.54. The lowest BCUT2D eigenvalue weighted by atomic mass is 10.0. The summed E-state index contributed by atoms with van der Waals surface area (Å²) in [5.41, 5.74) is 0. The highest BCUT2D eigenvalue weighted by Crippen LogP contribution is 2.14. The Morgan fingerprint density at radius 3 is 1.36 bits per heavy atom. The van der Waals surface area contributed by atoms with Gasteiger partial charge in [-0.2, -0.15) is 0 Å². The van der Waals surface area contributed by atoms with E-state index in [4.69, 9.17) is 0 Å². The minimum Gasteiger partial charge on any atom is -0.264 e. The number of rotatable bonds is 7. The monoisotopic (exact) mass is 204 g/mol. The lowest BCUT2D eigenvalue weighted by molar-refractivity contribution is -0.618. The Bertz CT molecular complexity index is 186. The van der Waals surface area contributed by atoms with Gasteiger partial charge in [0.1, 0.15) is 0 Å². The summed E-state index contributed by atoms with van der Waals surface area (Å²) in [6.07, 6.45) is 1.75. The summed E-state index contributed by atoms with van der Waals surface area (Å²) in [5, 5.41) is 21.2. The highest BCUT2D eigenvalue weighted by Gasteiger charge is 2.38. The molecule has 0 aromatic carbocycles. The van der Waals surface area contributed by atoms with E-state index in [1.807, 2.05) is 0 Å². The average Bonchev–Trinajstić information content (AvgIpc) is 2.10. The molecule has 0 aliphatic carbocycles. The predicted molar refractivity (Wildman–Crippen MR) is 51.4 cm³/mol. The maximum absolute atomic E-state index is 10.6. The van der Waals surface area contributed by atoms with Crippen LogP contribution in [0.15, 0.2) is 0 Å². The van der Waals surface area contributed by atoms with Gasteiger partial charge in [-0.1, -0.05) is 13.8 Å². The quantitative estimate of drug-likeness (QED) is 0.468. The van der Waals surface area contributed by atoms with E-state index >= 15 is 0 Å². The van der Waals surface area contributed by atoms with Crippen LogP contribution in [0.1, 0.15) is 39.5 Å². The fourth-order valence-corrected chi connectivity index (χ4v) is 1.47. The smallest absolute Gasteiger partial charge is 0.264 e. The van der Waals surface area contributed by atoms with E-state index in [-0.39, 0.29) is 12.8 Å². The van der Waals surface area contributed by atoms with Gasteiger partial charge in [-0.3, -0.25) is 20.2 Å². The first kappa shape index (κ1) is 12.8. The van der Waals surface area contributed by atoms with Crippen molar-refractivity contribution in [3.63, 3.8) is 0 Å². The highest BCUT2D eigenvalue weighted by molar-refractivity contribution is 4.68. The molecule has 2 unspecified atom stereocenters. The van der Waals surface area contributed by atoms with Gasteiger partial charge < -0.3 is 0 Å². The zero-order chi connectivity index (χ0) is 11.1. The molecular weight excluding hydrogens is 188 g/mol. The summed E-state index contributed by atoms with van der Waals surface area (Å²) in [4.78, 5) is 20.2. The SMILES string of the molecule is CCCC(C(CCC)[N+](=O)[O-])[N+](=O)[O-]. The molecule has 0 aliphatic rings. The van der Waals surface area contributed by atoms with E-state index < -0.39 is 21.9 Å². The van der Waals surface area contributed by atoms with Gasteiger partial charge in [0.2, 0.25) is 0 Å². The average molecular weight is 204 g/mol. The van der Waals surface area contributed by atoms with Crippen LogP contribution in [0.5, 0.6) is 0 Å². The van der Waals surface area contributed by atoms with Gasteiger partial charge in [-0.05, 0) is 12.8 Å². The zero-order valence-corrected chi connectivity index (χ0v) is 8.51. The number of nitrogens with zero attached hydrogens (tertiary/aromatic N) is 2. The Labute approximate surface area is 82.6 Å². The molecule has 0 heterocycles. The summed E-state index contributed by atoms with van der Waals surface area (Å²) in [6, 6.07) is -2.06. The van der Waals surface area contributed by atoms with Gasteiger partial charge in [0, 0.05) is 22.7 Å². The van der Waals surface area contributed by atoms with Crippen molar-refractivity contribution in [1.82, 2.24) is 0 Å². The third-order valence-corrected chi connectivity index (χ3v) is 2.15. The van der Waals surface area contributed by atoms with Gasteiger partial charge in [0.15, 0.2) is 0 Å². The maximum Gasteiger partial charge on any atom is 0.278 e. The van der Waals surface area contributed by atoms with Gasteiger partial charge in [0.05, 0.1) is 0 Å². The summed E-state index contributed by atoms with van der Waals surface area (Å²) in [7, 11) is 0. The summed E-state index contributed by atoms with van der Waals surface area (Å²) in [6.45, 7) is 3.58. The zero-order valence-electron chi connectivity index (χ0n) is 8.51. The summed E-state index contributed by atoms with van der Waals surface area (Å²) in [5.74, 6) is 0. The van der Waals surface area contributed by atoms with Crippen LogP contribution in [-0.4, -0.2) is 21.9 Å². The van der Waals surface area contributed by atoms with Gasteiger partial charge in [-0.15, -0.1) is 0 Å². The molecule has 0 saturated heterocycles.